The first-order chi connectivity index (χ1) is 10.2. The number of aliphatic hydroxyl groups is 1. The minimum Gasteiger partial charge on any atom is -0.396 e. The van der Waals surface area contributed by atoms with Gasteiger partial charge in [-0.15, -0.1) is 0 Å². The van der Waals surface area contributed by atoms with Crippen LogP contribution in [0.4, 0.5) is 0 Å². The molecule has 0 saturated carbocycles. The number of hydrogen-bond acceptors (Lipinski definition) is 5. The van der Waals surface area contributed by atoms with Crippen LogP contribution in [0.1, 0.15) is 30.7 Å². The molecule has 0 atom stereocenters. The lowest BCUT2D eigenvalue weighted by atomic mass is 10.1. The van der Waals surface area contributed by atoms with E-state index < -0.39 is 0 Å². The molecule has 1 aromatic heterocycles. The smallest absolute Gasteiger partial charge is 0.241 e. The minimum absolute atomic E-state index is 0.271. The van der Waals surface area contributed by atoms with Crippen molar-refractivity contribution in [2.75, 3.05) is 20.2 Å². The van der Waals surface area contributed by atoms with Crippen LogP contribution in [0.25, 0.3) is 11.4 Å². The second-order valence-corrected chi connectivity index (χ2v) is 5.40. The number of nitrogens with zero attached hydrogens (tertiary/aromatic N) is 3. The van der Waals surface area contributed by atoms with Gasteiger partial charge in [0.1, 0.15) is 0 Å². The van der Waals surface area contributed by atoms with Crippen LogP contribution in [-0.4, -0.2) is 40.3 Å². The molecule has 0 unspecified atom stereocenters. The van der Waals surface area contributed by atoms with E-state index in [9.17, 15) is 0 Å². The Morgan fingerprint density at radius 1 is 1.14 bits per heavy atom. The number of benzene rings is 1. The summed E-state index contributed by atoms with van der Waals surface area (Å²) in [5.74, 6) is 1.27. The third-order valence-corrected chi connectivity index (χ3v) is 3.38. The zero-order valence-corrected chi connectivity index (χ0v) is 12.7. The Morgan fingerprint density at radius 3 is 2.62 bits per heavy atom. The fourth-order valence-corrected chi connectivity index (χ4v) is 2.12. The molecule has 21 heavy (non-hydrogen) atoms. The van der Waals surface area contributed by atoms with Gasteiger partial charge in [-0.2, -0.15) is 4.98 Å². The van der Waals surface area contributed by atoms with Crippen molar-refractivity contribution in [3.63, 3.8) is 0 Å². The van der Waals surface area contributed by atoms with Crippen LogP contribution in [-0.2, 0) is 6.54 Å². The van der Waals surface area contributed by atoms with Crippen LogP contribution in [0, 0.1) is 6.92 Å². The molecule has 0 aliphatic heterocycles. The van der Waals surface area contributed by atoms with E-state index >= 15 is 0 Å². The Hall–Kier alpha value is -1.72. The van der Waals surface area contributed by atoms with Crippen LogP contribution < -0.4 is 0 Å². The van der Waals surface area contributed by atoms with E-state index in [1.165, 1.54) is 5.56 Å². The number of rotatable bonds is 8. The van der Waals surface area contributed by atoms with Crippen LogP contribution in [0.15, 0.2) is 28.8 Å². The standard InChI is InChI=1S/C16H23N3O2/c1-13-6-8-14(9-7-13)16-17-15(21-18-16)12-19(2)10-4-3-5-11-20/h6-9,20H,3-5,10-12H2,1-2H3. The highest BCUT2D eigenvalue weighted by atomic mass is 16.5. The molecular formula is C16H23N3O2. The van der Waals surface area contributed by atoms with Crippen molar-refractivity contribution in [2.45, 2.75) is 32.7 Å². The van der Waals surface area contributed by atoms with E-state index in [1.807, 2.05) is 31.3 Å². The lowest BCUT2D eigenvalue weighted by molar-refractivity contribution is 0.251. The Morgan fingerprint density at radius 2 is 1.90 bits per heavy atom. The molecule has 5 nitrogen and oxygen atoms in total. The minimum atomic E-state index is 0.271. The molecular weight excluding hydrogens is 266 g/mol. The van der Waals surface area contributed by atoms with Crippen molar-refractivity contribution in [1.82, 2.24) is 15.0 Å². The van der Waals surface area contributed by atoms with Gasteiger partial charge in [0, 0.05) is 12.2 Å². The SMILES string of the molecule is Cc1ccc(-c2noc(CN(C)CCCCCO)n2)cc1. The summed E-state index contributed by atoms with van der Waals surface area (Å²) >= 11 is 0. The van der Waals surface area contributed by atoms with Gasteiger partial charge < -0.3 is 9.63 Å². The maximum absolute atomic E-state index is 8.75. The van der Waals surface area contributed by atoms with Crippen molar-refractivity contribution >= 4 is 0 Å². The third kappa shape index (κ3) is 4.95. The summed E-state index contributed by atoms with van der Waals surface area (Å²) in [5.41, 5.74) is 2.19. The van der Waals surface area contributed by atoms with Crippen molar-refractivity contribution in [1.29, 1.82) is 0 Å². The molecule has 0 radical (unpaired) electrons. The maximum Gasteiger partial charge on any atom is 0.241 e. The van der Waals surface area contributed by atoms with Gasteiger partial charge in [-0.3, -0.25) is 4.90 Å². The first-order valence-corrected chi connectivity index (χ1v) is 7.38. The second-order valence-electron chi connectivity index (χ2n) is 5.40. The Balaban J connectivity index is 1.86. The van der Waals surface area contributed by atoms with E-state index in [2.05, 4.69) is 22.0 Å². The van der Waals surface area contributed by atoms with Gasteiger partial charge in [-0.1, -0.05) is 35.0 Å². The van der Waals surface area contributed by atoms with Gasteiger partial charge in [-0.25, -0.2) is 0 Å². The summed E-state index contributed by atoms with van der Waals surface area (Å²) in [6.45, 7) is 3.94. The molecule has 1 heterocycles. The highest BCUT2D eigenvalue weighted by Crippen LogP contribution is 2.16. The van der Waals surface area contributed by atoms with Gasteiger partial charge in [0.15, 0.2) is 0 Å². The van der Waals surface area contributed by atoms with Gasteiger partial charge in [0.05, 0.1) is 6.54 Å². The number of aryl methyl sites for hydroxylation is 1. The summed E-state index contributed by atoms with van der Waals surface area (Å²) in [5, 5.41) is 12.8. The Kier molecular flexibility index (Phi) is 5.90. The molecule has 2 rings (SSSR count). The van der Waals surface area contributed by atoms with E-state index in [1.54, 1.807) is 0 Å². The predicted molar refractivity (Wildman–Crippen MR) is 81.7 cm³/mol. The van der Waals surface area contributed by atoms with E-state index in [4.69, 9.17) is 9.63 Å². The van der Waals surface area contributed by atoms with E-state index in [-0.39, 0.29) is 6.61 Å². The lowest BCUT2D eigenvalue weighted by Crippen LogP contribution is -2.19. The van der Waals surface area contributed by atoms with Gasteiger partial charge in [0.2, 0.25) is 11.7 Å². The molecule has 114 valence electrons. The van der Waals surface area contributed by atoms with Crippen LogP contribution in [0.5, 0.6) is 0 Å². The second kappa shape index (κ2) is 7.90. The van der Waals surface area contributed by atoms with Crippen molar-refractivity contribution in [2.24, 2.45) is 0 Å². The molecule has 1 aromatic carbocycles. The fourth-order valence-electron chi connectivity index (χ4n) is 2.12. The summed E-state index contributed by atoms with van der Waals surface area (Å²) in [6.07, 6.45) is 2.97. The molecule has 0 saturated heterocycles. The summed E-state index contributed by atoms with van der Waals surface area (Å²) in [4.78, 5) is 6.59. The molecule has 0 fully saturated rings. The Labute approximate surface area is 125 Å². The number of unbranched alkanes of at least 4 members (excludes halogenated alkanes) is 2. The maximum atomic E-state index is 8.75. The highest BCUT2D eigenvalue weighted by molar-refractivity contribution is 5.54. The van der Waals surface area contributed by atoms with E-state index in [0.29, 0.717) is 18.3 Å². The zero-order chi connectivity index (χ0) is 15.1. The number of aromatic nitrogens is 2. The normalized spacial score (nSPS) is 11.2. The molecule has 2 aromatic rings. The summed E-state index contributed by atoms with van der Waals surface area (Å²) < 4.78 is 5.30. The first kappa shape index (κ1) is 15.7. The van der Waals surface area contributed by atoms with Crippen LogP contribution in [0.3, 0.4) is 0 Å². The van der Waals surface area contributed by atoms with Gasteiger partial charge in [0.25, 0.3) is 0 Å². The Bertz CT molecular complexity index is 537. The number of hydrogen-bond donors (Lipinski definition) is 1. The zero-order valence-electron chi connectivity index (χ0n) is 12.7. The topological polar surface area (TPSA) is 62.4 Å². The first-order valence-electron chi connectivity index (χ1n) is 7.38. The quantitative estimate of drug-likeness (QED) is 0.757. The average molecular weight is 289 g/mol. The average Bonchev–Trinajstić information content (AvgIpc) is 2.93. The largest absolute Gasteiger partial charge is 0.396 e. The number of aliphatic hydroxyl groups excluding tert-OH is 1. The molecule has 0 aliphatic rings. The fraction of sp³-hybridized carbons (Fsp3) is 0.500. The van der Waals surface area contributed by atoms with Crippen LogP contribution >= 0.6 is 0 Å². The monoisotopic (exact) mass is 289 g/mol. The molecule has 1 N–H and O–H groups in total. The molecule has 5 heteroatoms. The van der Waals surface area contributed by atoms with Gasteiger partial charge in [-0.05, 0) is 39.8 Å². The van der Waals surface area contributed by atoms with Crippen LogP contribution in [0.2, 0.25) is 0 Å². The summed E-state index contributed by atoms with van der Waals surface area (Å²) in [6, 6.07) is 8.09. The molecule has 0 aliphatic carbocycles. The molecule has 0 bridgehead atoms. The predicted octanol–water partition coefficient (Wildman–Crippen LogP) is 2.64. The molecule has 0 spiro atoms. The lowest BCUT2D eigenvalue weighted by Gasteiger charge is -2.13. The van der Waals surface area contributed by atoms with Crippen molar-refractivity contribution < 1.29 is 9.63 Å². The highest BCUT2D eigenvalue weighted by Gasteiger charge is 2.10. The van der Waals surface area contributed by atoms with Gasteiger partial charge >= 0.3 is 0 Å². The van der Waals surface area contributed by atoms with Crippen molar-refractivity contribution in [3.05, 3.63) is 35.7 Å². The third-order valence-electron chi connectivity index (χ3n) is 3.38. The summed E-state index contributed by atoms with van der Waals surface area (Å²) in [7, 11) is 2.04. The molecule has 0 amide bonds. The van der Waals surface area contributed by atoms with Crippen molar-refractivity contribution in [3.8, 4) is 11.4 Å². The van der Waals surface area contributed by atoms with E-state index in [0.717, 1.165) is 31.4 Å².